The van der Waals surface area contributed by atoms with Crippen molar-refractivity contribution in [2.75, 3.05) is 7.05 Å². The summed E-state index contributed by atoms with van der Waals surface area (Å²) >= 11 is 0. The highest BCUT2D eigenvalue weighted by atomic mass is 16.4. The summed E-state index contributed by atoms with van der Waals surface area (Å²) in [4.78, 5) is 25.6. The molecule has 20 heavy (non-hydrogen) atoms. The number of urea groups is 1. The first-order chi connectivity index (χ1) is 9.36. The van der Waals surface area contributed by atoms with Crippen LogP contribution in [-0.4, -0.2) is 40.6 Å². The Kier molecular flexibility index (Phi) is 5.84. The molecule has 0 spiro atoms. The van der Waals surface area contributed by atoms with Crippen molar-refractivity contribution in [1.29, 1.82) is 0 Å². The second-order valence-electron chi connectivity index (χ2n) is 6.08. The van der Waals surface area contributed by atoms with Gasteiger partial charge in [-0.3, -0.25) is 0 Å². The van der Waals surface area contributed by atoms with E-state index in [0.29, 0.717) is 18.8 Å². The first-order valence-electron chi connectivity index (χ1n) is 7.64. The Balaban J connectivity index is 2.76. The molecule has 0 aliphatic heterocycles. The van der Waals surface area contributed by atoms with E-state index in [4.69, 9.17) is 0 Å². The summed E-state index contributed by atoms with van der Waals surface area (Å²) in [6, 6.07) is -0.112. The third-order valence-corrected chi connectivity index (χ3v) is 4.69. The molecule has 0 heterocycles. The van der Waals surface area contributed by atoms with Crippen molar-refractivity contribution in [2.45, 2.75) is 70.9 Å². The normalized spacial score (nSPS) is 26.4. The van der Waals surface area contributed by atoms with Gasteiger partial charge in [0.1, 0.15) is 5.54 Å². The third-order valence-electron chi connectivity index (χ3n) is 4.69. The van der Waals surface area contributed by atoms with Gasteiger partial charge in [-0.2, -0.15) is 0 Å². The van der Waals surface area contributed by atoms with Gasteiger partial charge in [-0.15, -0.1) is 0 Å². The van der Waals surface area contributed by atoms with Crippen molar-refractivity contribution in [3.8, 4) is 0 Å². The van der Waals surface area contributed by atoms with Crippen LogP contribution < -0.4 is 5.32 Å². The number of rotatable bonds is 5. The summed E-state index contributed by atoms with van der Waals surface area (Å²) in [6.07, 6.45) is 4.48. The van der Waals surface area contributed by atoms with Crippen LogP contribution in [0, 0.1) is 5.92 Å². The smallest absolute Gasteiger partial charge is 0.329 e. The number of amides is 2. The van der Waals surface area contributed by atoms with Gasteiger partial charge < -0.3 is 15.3 Å². The Hall–Kier alpha value is -1.26. The van der Waals surface area contributed by atoms with Crippen molar-refractivity contribution in [2.24, 2.45) is 5.92 Å². The quantitative estimate of drug-likeness (QED) is 0.815. The molecule has 116 valence electrons. The molecular formula is C15H28N2O3. The van der Waals surface area contributed by atoms with E-state index in [1.54, 1.807) is 11.9 Å². The molecule has 0 bridgehead atoms. The van der Waals surface area contributed by atoms with Crippen molar-refractivity contribution in [3.05, 3.63) is 0 Å². The zero-order valence-electron chi connectivity index (χ0n) is 13.1. The van der Waals surface area contributed by atoms with Crippen molar-refractivity contribution in [1.82, 2.24) is 10.2 Å². The van der Waals surface area contributed by atoms with Crippen LogP contribution in [0.4, 0.5) is 4.79 Å². The third kappa shape index (κ3) is 3.64. The average molecular weight is 284 g/mol. The average Bonchev–Trinajstić information content (AvgIpc) is 2.42. The van der Waals surface area contributed by atoms with E-state index in [2.05, 4.69) is 12.2 Å². The Morgan fingerprint density at radius 1 is 1.30 bits per heavy atom. The Labute approximate surface area is 121 Å². The molecule has 0 aromatic rings. The molecule has 0 unspecified atom stereocenters. The van der Waals surface area contributed by atoms with Gasteiger partial charge in [0.25, 0.3) is 0 Å². The predicted octanol–water partition coefficient (Wildman–Crippen LogP) is 2.85. The zero-order chi connectivity index (χ0) is 15.3. The molecule has 0 radical (unpaired) electrons. The number of hydrogen-bond donors (Lipinski definition) is 2. The molecule has 2 N–H and O–H groups in total. The van der Waals surface area contributed by atoms with Gasteiger partial charge >= 0.3 is 12.0 Å². The van der Waals surface area contributed by atoms with Gasteiger partial charge in [0.15, 0.2) is 0 Å². The second-order valence-corrected chi connectivity index (χ2v) is 6.08. The summed E-state index contributed by atoms with van der Waals surface area (Å²) in [5.41, 5.74) is -1.08. The van der Waals surface area contributed by atoms with E-state index in [1.165, 1.54) is 0 Å². The molecule has 2 amide bonds. The molecule has 0 aromatic carbocycles. The molecule has 1 rings (SSSR count). The Morgan fingerprint density at radius 3 is 2.20 bits per heavy atom. The summed E-state index contributed by atoms with van der Waals surface area (Å²) < 4.78 is 0. The lowest BCUT2D eigenvalue weighted by atomic mass is 9.77. The van der Waals surface area contributed by atoms with Crippen molar-refractivity contribution >= 4 is 12.0 Å². The lowest BCUT2D eigenvalue weighted by molar-refractivity contribution is -0.146. The summed E-state index contributed by atoms with van der Waals surface area (Å²) in [6.45, 7) is 6.20. The number of aliphatic carboxylic acids is 1. The molecule has 5 heteroatoms. The van der Waals surface area contributed by atoms with Crippen LogP contribution in [-0.2, 0) is 4.79 Å². The number of nitrogens with one attached hydrogen (secondary N) is 1. The van der Waals surface area contributed by atoms with Crippen LogP contribution in [0.1, 0.15) is 59.3 Å². The van der Waals surface area contributed by atoms with Gasteiger partial charge in [-0.05, 0) is 44.4 Å². The maximum atomic E-state index is 12.3. The number of nitrogens with zero attached hydrogens (tertiary/aromatic N) is 1. The van der Waals surface area contributed by atoms with Crippen LogP contribution >= 0.6 is 0 Å². The topological polar surface area (TPSA) is 69.6 Å². The van der Waals surface area contributed by atoms with Gasteiger partial charge in [0, 0.05) is 13.1 Å². The maximum Gasteiger partial charge on any atom is 0.329 e. The lowest BCUT2D eigenvalue weighted by Gasteiger charge is -2.38. The summed E-state index contributed by atoms with van der Waals surface area (Å²) in [5.74, 6) is -0.369. The van der Waals surface area contributed by atoms with E-state index in [-0.39, 0.29) is 12.1 Å². The SMILES string of the molecule is CCC(CC)N(C)C(=O)NC1(C(=O)O)CCC(C)CC1. The largest absolute Gasteiger partial charge is 0.480 e. The monoisotopic (exact) mass is 284 g/mol. The molecule has 0 atom stereocenters. The van der Waals surface area contributed by atoms with Crippen LogP contribution in [0.5, 0.6) is 0 Å². The van der Waals surface area contributed by atoms with E-state index in [0.717, 1.165) is 25.7 Å². The van der Waals surface area contributed by atoms with E-state index >= 15 is 0 Å². The second kappa shape index (κ2) is 6.95. The highest BCUT2D eigenvalue weighted by Crippen LogP contribution is 2.32. The number of carboxylic acids is 1. The standard InChI is InChI=1S/C15H28N2O3/c1-5-12(6-2)17(4)14(20)16-15(13(18)19)9-7-11(3)8-10-15/h11-12H,5-10H2,1-4H3,(H,16,20)(H,18,19). The molecule has 0 saturated heterocycles. The van der Waals surface area contributed by atoms with Crippen molar-refractivity contribution < 1.29 is 14.7 Å². The number of carbonyl (C=O) groups excluding carboxylic acids is 1. The minimum absolute atomic E-state index is 0.156. The fraction of sp³-hybridized carbons (Fsp3) is 0.867. The van der Waals surface area contributed by atoms with Crippen LogP contribution in [0.2, 0.25) is 0 Å². The summed E-state index contributed by atoms with van der Waals surface area (Å²) in [7, 11) is 1.74. The molecule has 0 aromatic heterocycles. The highest BCUT2D eigenvalue weighted by Gasteiger charge is 2.43. The molecule has 1 aliphatic rings. The van der Waals surface area contributed by atoms with Crippen LogP contribution in [0.15, 0.2) is 0 Å². The van der Waals surface area contributed by atoms with E-state index in [9.17, 15) is 14.7 Å². The fourth-order valence-electron chi connectivity index (χ4n) is 2.94. The van der Waals surface area contributed by atoms with Gasteiger partial charge in [-0.25, -0.2) is 9.59 Å². The van der Waals surface area contributed by atoms with Crippen LogP contribution in [0.25, 0.3) is 0 Å². The number of carbonyl (C=O) groups is 2. The Bertz CT molecular complexity index is 345. The maximum absolute atomic E-state index is 12.3. The molecule has 1 fully saturated rings. The highest BCUT2D eigenvalue weighted by molar-refractivity contribution is 5.86. The zero-order valence-corrected chi connectivity index (χ0v) is 13.1. The Morgan fingerprint density at radius 2 is 1.80 bits per heavy atom. The minimum Gasteiger partial charge on any atom is -0.480 e. The minimum atomic E-state index is -1.08. The van der Waals surface area contributed by atoms with E-state index in [1.807, 2.05) is 13.8 Å². The summed E-state index contributed by atoms with van der Waals surface area (Å²) in [5, 5.41) is 12.3. The van der Waals surface area contributed by atoms with Gasteiger partial charge in [-0.1, -0.05) is 20.8 Å². The number of hydrogen-bond acceptors (Lipinski definition) is 2. The van der Waals surface area contributed by atoms with E-state index < -0.39 is 11.5 Å². The van der Waals surface area contributed by atoms with Gasteiger partial charge in [0.2, 0.25) is 0 Å². The molecule has 1 saturated carbocycles. The molecule has 1 aliphatic carbocycles. The number of carboxylic acid groups (broad SMARTS) is 1. The fourth-order valence-corrected chi connectivity index (χ4v) is 2.94. The predicted molar refractivity (Wildman–Crippen MR) is 78.7 cm³/mol. The van der Waals surface area contributed by atoms with Crippen LogP contribution in [0.3, 0.4) is 0 Å². The first-order valence-corrected chi connectivity index (χ1v) is 7.64. The molecular weight excluding hydrogens is 256 g/mol. The first kappa shape index (κ1) is 16.8. The molecule has 5 nitrogen and oxygen atoms in total. The lowest BCUT2D eigenvalue weighted by Crippen LogP contribution is -2.59. The van der Waals surface area contributed by atoms with Gasteiger partial charge in [0.05, 0.1) is 0 Å². The van der Waals surface area contributed by atoms with Crippen molar-refractivity contribution in [3.63, 3.8) is 0 Å².